The summed E-state index contributed by atoms with van der Waals surface area (Å²) in [6, 6.07) is 3.90. The molecule has 6 heteroatoms. The Morgan fingerprint density at radius 2 is 2.32 bits per heavy atom. The van der Waals surface area contributed by atoms with Gasteiger partial charge in [0.15, 0.2) is 0 Å². The van der Waals surface area contributed by atoms with E-state index in [4.69, 9.17) is 4.42 Å². The largest absolute Gasteiger partial charge is 0.425 e. The predicted molar refractivity (Wildman–Crippen MR) is 73.1 cm³/mol. The molecule has 102 valence electrons. The first-order valence-electron chi connectivity index (χ1n) is 6.26. The SMILES string of the molecule is CC(C)c1nnc(CCNC(=O)Cc2cccs2)o1. The minimum atomic E-state index is 0.0195. The molecule has 0 bridgehead atoms. The molecule has 0 atom stereocenters. The summed E-state index contributed by atoms with van der Waals surface area (Å²) in [7, 11) is 0. The summed E-state index contributed by atoms with van der Waals surface area (Å²) in [4.78, 5) is 12.7. The van der Waals surface area contributed by atoms with Gasteiger partial charge in [-0.3, -0.25) is 4.79 Å². The molecule has 0 aromatic carbocycles. The molecule has 1 N–H and O–H groups in total. The van der Waals surface area contributed by atoms with Crippen molar-refractivity contribution in [2.75, 3.05) is 6.54 Å². The van der Waals surface area contributed by atoms with Crippen LogP contribution in [-0.4, -0.2) is 22.6 Å². The molecular weight excluding hydrogens is 262 g/mol. The Bertz CT molecular complexity index is 520. The van der Waals surface area contributed by atoms with E-state index in [9.17, 15) is 4.79 Å². The molecule has 0 aliphatic heterocycles. The number of thiophene rings is 1. The lowest BCUT2D eigenvalue weighted by Crippen LogP contribution is -2.27. The van der Waals surface area contributed by atoms with E-state index in [1.807, 2.05) is 31.4 Å². The third-order valence-electron chi connectivity index (χ3n) is 2.55. The van der Waals surface area contributed by atoms with Crippen LogP contribution in [0.5, 0.6) is 0 Å². The van der Waals surface area contributed by atoms with Crippen molar-refractivity contribution in [1.29, 1.82) is 0 Å². The lowest BCUT2D eigenvalue weighted by molar-refractivity contribution is -0.120. The number of amides is 1. The van der Waals surface area contributed by atoms with Crippen molar-refractivity contribution >= 4 is 17.2 Å². The third kappa shape index (κ3) is 4.17. The fourth-order valence-electron chi connectivity index (χ4n) is 1.54. The fraction of sp³-hybridized carbons (Fsp3) is 0.462. The van der Waals surface area contributed by atoms with Gasteiger partial charge in [-0.15, -0.1) is 21.5 Å². The van der Waals surface area contributed by atoms with Gasteiger partial charge in [0.1, 0.15) is 0 Å². The Labute approximate surface area is 116 Å². The van der Waals surface area contributed by atoms with Crippen LogP contribution in [0.15, 0.2) is 21.9 Å². The highest BCUT2D eigenvalue weighted by Crippen LogP contribution is 2.12. The number of hydrogen-bond acceptors (Lipinski definition) is 5. The van der Waals surface area contributed by atoms with Crippen LogP contribution < -0.4 is 5.32 Å². The zero-order chi connectivity index (χ0) is 13.7. The number of carbonyl (C=O) groups excluding carboxylic acids is 1. The Morgan fingerprint density at radius 3 is 2.95 bits per heavy atom. The molecule has 2 aromatic rings. The third-order valence-corrected chi connectivity index (χ3v) is 3.43. The van der Waals surface area contributed by atoms with Crippen LogP contribution in [0.25, 0.3) is 0 Å². The maximum Gasteiger partial charge on any atom is 0.225 e. The molecule has 0 unspecified atom stereocenters. The summed E-state index contributed by atoms with van der Waals surface area (Å²) >= 11 is 1.59. The average molecular weight is 279 g/mol. The zero-order valence-electron chi connectivity index (χ0n) is 11.0. The van der Waals surface area contributed by atoms with Crippen LogP contribution >= 0.6 is 11.3 Å². The van der Waals surface area contributed by atoms with Gasteiger partial charge in [-0.2, -0.15) is 0 Å². The van der Waals surface area contributed by atoms with Crippen LogP contribution in [0, 0.1) is 0 Å². The summed E-state index contributed by atoms with van der Waals surface area (Å²) in [6.07, 6.45) is 0.995. The Morgan fingerprint density at radius 1 is 1.47 bits per heavy atom. The van der Waals surface area contributed by atoms with Gasteiger partial charge >= 0.3 is 0 Å². The fourth-order valence-corrected chi connectivity index (χ4v) is 2.25. The van der Waals surface area contributed by atoms with Crippen LogP contribution in [0.2, 0.25) is 0 Å². The van der Waals surface area contributed by atoms with E-state index < -0.39 is 0 Å². The molecular formula is C13H17N3O2S. The van der Waals surface area contributed by atoms with Crippen LogP contribution in [0.1, 0.15) is 36.4 Å². The number of nitrogens with zero attached hydrogens (tertiary/aromatic N) is 2. The highest BCUT2D eigenvalue weighted by atomic mass is 32.1. The van der Waals surface area contributed by atoms with E-state index >= 15 is 0 Å². The minimum absolute atomic E-state index is 0.0195. The molecule has 0 aliphatic carbocycles. The van der Waals surface area contributed by atoms with Crippen LogP contribution in [0.3, 0.4) is 0 Å². The van der Waals surface area contributed by atoms with Crippen molar-refractivity contribution in [3.05, 3.63) is 34.2 Å². The molecule has 0 radical (unpaired) electrons. The number of hydrogen-bond donors (Lipinski definition) is 1. The highest BCUT2D eigenvalue weighted by molar-refractivity contribution is 7.10. The second kappa shape index (κ2) is 6.47. The molecule has 5 nitrogen and oxygen atoms in total. The molecule has 2 rings (SSSR count). The van der Waals surface area contributed by atoms with E-state index in [2.05, 4.69) is 15.5 Å². The van der Waals surface area contributed by atoms with Crippen molar-refractivity contribution in [2.24, 2.45) is 0 Å². The van der Waals surface area contributed by atoms with E-state index in [1.54, 1.807) is 11.3 Å². The van der Waals surface area contributed by atoms with Crippen molar-refractivity contribution in [2.45, 2.75) is 32.6 Å². The number of rotatable bonds is 6. The van der Waals surface area contributed by atoms with E-state index in [1.165, 1.54) is 0 Å². The molecule has 19 heavy (non-hydrogen) atoms. The Hall–Kier alpha value is -1.69. The van der Waals surface area contributed by atoms with E-state index in [-0.39, 0.29) is 11.8 Å². The molecule has 2 aromatic heterocycles. The number of carbonyl (C=O) groups is 1. The first-order valence-corrected chi connectivity index (χ1v) is 7.14. The molecule has 0 saturated heterocycles. The molecule has 0 fully saturated rings. The smallest absolute Gasteiger partial charge is 0.225 e. The first-order chi connectivity index (χ1) is 9.15. The Kier molecular flexibility index (Phi) is 4.68. The van der Waals surface area contributed by atoms with Gasteiger partial charge in [0.2, 0.25) is 17.7 Å². The van der Waals surface area contributed by atoms with Gasteiger partial charge < -0.3 is 9.73 Å². The van der Waals surface area contributed by atoms with Gasteiger partial charge in [0, 0.05) is 23.8 Å². The topological polar surface area (TPSA) is 68.0 Å². The highest BCUT2D eigenvalue weighted by Gasteiger charge is 2.10. The van der Waals surface area contributed by atoms with Crippen molar-refractivity contribution in [3.8, 4) is 0 Å². The lowest BCUT2D eigenvalue weighted by atomic mass is 10.2. The minimum Gasteiger partial charge on any atom is -0.425 e. The standard InChI is InChI=1S/C13H17N3O2S/c1-9(2)13-16-15-12(18-13)5-6-14-11(17)8-10-4-3-7-19-10/h3-4,7,9H,5-6,8H2,1-2H3,(H,14,17). The summed E-state index contributed by atoms with van der Waals surface area (Å²) in [6.45, 7) is 4.52. The summed E-state index contributed by atoms with van der Waals surface area (Å²) < 4.78 is 5.46. The normalized spacial score (nSPS) is 10.9. The van der Waals surface area contributed by atoms with Gasteiger partial charge in [-0.05, 0) is 11.4 Å². The van der Waals surface area contributed by atoms with Gasteiger partial charge in [-0.1, -0.05) is 19.9 Å². The van der Waals surface area contributed by atoms with Gasteiger partial charge in [-0.25, -0.2) is 0 Å². The molecule has 1 amide bonds. The summed E-state index contributed by atoms with van der Waals surface area (Å²) in [5.41, 5.74) is 0. The summed E-state index contributed by atoms with van der Waals surface area (Å²) in [5, 5.41) is 12.7. The second-order valence-electron chi connectivity index (χ2n) is 4.54. The summed E-state index contributed by atoms with van der Waals surface area (Å²) in [5.74, 6) is 1.46. The maximum atomic E-state index is 11.6. The van der Waals surface area contributed by atoms with E-state index in [0.29, 0.717) is 31.2 Å². The first kappa shape index (κ1) is 13.7. The monoisotopic (exact) mass is 279 g/mol. The lowest BCUT2D eigenvalue weighted by Gasteiger charge is -2.01. The number of nitrogens with one attached hydrogen (secondary N) is 1. The second-order valence-corrected chi connectivity index (χ2v) is 5.58. The quantitative estimate of drug-likeness (QED) is 0.879. The molecule has 0 saturated carbocycles. The predicted octanol–water partition coefficient (Wildman–Crippen LogP) is 2.16. The van der Waals surface area contributed by atoms with E-state index in [0.717, 1.165) is 4.88 Å². The average Bonchev–Trinajstić information content (AvgIpc) is 3.00. The van der Waals surface area contributed by atoms with Crippen LogP contribution in [0.4, 0.5) is 0 Å². The number of aromatic nitrogens is 2. The Balaban J connectivity index is 1.72. The van der Waals surface area contributed by atoms with Crippen LogP contribution in [-0.2, 0) is 17.6 Å². The van der Waals surface area contributed by atoms with Gasteiger partial charge in [0.25, 0.3) is 0 Å². The van der Waals surface area contributed by atoms with Crippen molar-refractivity contribution in [3.63, 3.8) is 0 Å². The van der Waals surface area contributed by atoms with Crippen molar-refractivity contribution in [1.82, 2.24) is 15.5 Å². The molecule has 2 heterocycles. The van der Waals surface area contributed by atoms with Crippen molar-refractivity contribution < 1.29 is 9.21 Å². The molecule has 0 spiro atoms. The zero-order valence-corrected chi connectivity index (χ0v) is 11.9. The molecule has 0 aliphatic rings. The van der Waals surface area contributed by atoms with Gasteiger partial charge in [0.05, 0.1) is 6.42 Å². The maximum absolute atomic E-state index is 11.6.